The molecule has 0 unspecified atom stereocenters. The van der Waals surface area contributed by atoms with Crippen LogP contribution in [0.25, 0.3) is 0 Å². The van der Waals surface area contributed by atoms with Crippen LogP contribution >= 0.6 is 11.3 Å². The highest BCUT2D eigenvalue weighted by molar-refractivity contribution is 7.09. The van der Waals surface area contributed by atoms with Crippen LogP contribution in [-0.4, -0.2) is 66.7 Å². The third-order valence-corrected chi connectivity index (χ3v) is 4.69. The number of carbonyl (C=O) groups is 1. The van der Waals surface area contributed by atoms with E-state index in [1.54, 1.807) is 23.3 Å². The summed E-state index contributed by atoms with van der Waals surface area (Å²) in [6.45, 7) is 7.80. The summed E-state index contributed by atoms with van der Waals surface area (Å²) in [6, 6.07) is 0. The zero-order chi connectivity index (χ0) is 16.7. The molecule has 0 aliphatic carbocycles. The van der Waals surface area contributed by atoms with Crippen LogP contribution in [0.4, 0.5) is 4.79 Å². The predicted octanol–water partition coefficient (Wildman–Crippen LogP) is 1.56. The molecule has 1 aromatic rings. The largest absolute Gasteiger partial charge is 0.450 e. The second kappa shape index (κ2) is 8.71. The molecule has 1 amide bonds. The van der Waals surface area contributed by atoms with Crippen LogP contribution in [0.2, 0.25) is 0 Å². The summed E-state index contributed by atoms with van der Waals surface area (Å²) in [5.74, 6) is 0.847. The summed E-state index contributed by atoms with van der Waals surface area (Å²) in [4.78, 5) is 24.5. The zero-order valence-electron chi connectivity index (χ0n) is 14.0. The highest BCUT2D eigenvalue weighted by Crippen LogP contribution is 2.10. The van der Waals surface area contributed by atoms with E-state index < -0.39 is 0 Å². The van der Waals surface area contributed by atoms with Crippen molar-refractivity contribution in [3.8, 4) is 0 Å². The Kier molecular flexibility index (Phi) is 6.64. The number of hydrogen-bond donors (Lipinski definition) is 1. The number of guanidine groups is 1. The highest BCUT2D eigenvalue weighted by Gasteiger charge is 2.23. The van der Waals surface area contributed by atoms with Crippen molar-refractivity contribution in [2.24, 2.45) is 4.99 Å². The Morgan fingerprint density at radius 2 is 2.04 bits per heavy atom. The number of aromatic nitrogens is 1. The molecular weight excluding hydrogens is 314 g/mol. The minimum atomic E-state index is -0.232. The lowest BCUT2D eigenvalue weighted by Gasteiger charge is -2.35. The van der Waals surface area contributed by atoms with Crippen molar-refractivity contribution in [3.05, 3.63) is 16.1 Å². The number of ether oxygens (including phenoxy) is 1. The Hall–Kier alpha value is -1.83. The number of piperazine rings is 1. The van der Waals surface area contributed by atoms with Gasteiger partial charge in [-0.3, -0.25) is 4.99 Å². The van der Waals surface area contributed by atoms with Crippen LogP contribution in [-0.2, 0) is 17.7 Å². The van der Waals surface area contributed by atoms with Crippen LogP contribution in [0.15, 0.2) is 10.4 Å². The van der Waals surface area contributed by atoms with E-state index in [-0.39, 0.29) is 6.09 Å². The second-order valence-corrected chi connectivity index (χ2v) is 6.10. The maximum absolute atomic E-state index is 11.7. The van der Waals surface area contributed by atoms with Gasteiger partial charge in [-0.15, -0.1) is 11.3 Å². The van der Waals surface area contributed by atoms with Gasteiger partial charge in [-0.05, 0) is 13.3 Å². The average molecular weight is 339 g/mol. The van der Waals surface area contributed by atoms with Crippen molar-refractivity contribution < 1.29 is 9.53 Å². The van der Waals surface area contributed by atoms with Crippen LogP contribution in [0.3, 0.4) is 0 Å². The quantitative estimate of drug-likeness (QED) is 0.666. The molecule has 7 nitrogen and oxygen atoms in total. The first-order valence-corrected chi connectivity index (χ1v) is 8.86. The summed E-state index contributed by atoms with van der Waals surface area (Å²) in [5.41, 5.74) is 1.04. The van der Waals surface area contributed by atoms with Crippen LogP contribution in [0.5, 0.6) is 0 Å². The molecule has 0 atom stereocenters. The van der Waals surface area contributed by atoms with Crippen molar-refractivity contribution in [2.45, 2.75) is 26.8 Å². The van der Waals surface area contributed by atoms with Gasteiger partial charge >= 0.3 is 6.09 Å². The average Bonchev–Trinajstić information content (AvgIpc) is 3.04. The number of amides is 1. The fourth-order valence-electron chi connectivity index (χ4n) is 2.41. The van der Waals surface area contributed by atoms with E-state index in [2.05, 4.69) is 32.5 Å². The number of aryl methyl sites for hydroxylation is 1. The molecule has 0 saturated carbocycles. The van der Waals surface area contributed by atoms with Crippen LogP contribution in [0, 0.1) is 0 Å². The maximum atomic E-state index is 11.7. The fraction of sp³-hybridized carbons (Fsp3) is 0.667. The van der Waals surface area contributed by atoms with Gasteiger partial charge in [-0.25, -0.2) is 9.78 Å². The molecule has 0 aromatic carbocycles. The summed E-state index contributed by atoms with van der Waals surface area (Å²) >= 11 is 1.69. The van der Waals surface area contributed by atoms with Crippen molar-refractivity contribution in [2.75, 3.05) is 39.8 Å². The minimum absolute atomic E-state index is 0.232. The molecule has 1 aliphatic rings. The molecule has 1 aliphatic heterocycles. The molecule has 8 heteroatoms. The van der Waals surface area contributed by atoms with Crippen molar-refractivity contribution in [1.29, 1.82) is 0 Å². The molecule has 2 heterocycles. The van der Waals surface area contributed by atoms with E-state index in [4.69, 9.17) is 4.74 Å². The third kappa shape index (κ3) is 4.82. The Balaban J connectivity index is 1.82. The van der Waals surface area contributed by atoms with Crippen molar-refractivity contribution in [1.82, 2.24) is 20.1 Å². The van der Waals surface area contributed by atoms with Gasteiger partial charge in [-0.1, -0.05) is 6.92 Å². The summed E-state index contributed by atoms with van der Waals surface area (Å²) in [5, 5.41) is 6.58. The molecule has 0 spiro atoms. The molecule has 2 rings (SSSR count). The summed E-state index contributed by atoms with van der Waals surface area (Å²) in [7, 11) is 1.78. The SMILES string of the molecule is CCOC(=O)N1CCN(C(=NC)NCc2csc(CC)n2)CC1. The first-order chi connectivity index (χ1) is 11.2. The second-order valence-electron chi connectivity index (χ2n) is 5.16. The lowest BCUT2D eigenvalue weighted by molar-refractivity contribution is 0.0914. The minimum Gasteiger partial charge on any atom is -0.450 e. The Bertz CT molecular complexity index is 538. The van der Waals surface area contributed by atoms with E-state index in [1.807, 2.05) is 6.92 Å². The Morgan fingerprint density at radius 1 is 1.35 bits per heavy atom. The molecule has 0 bridgehead atoms. The molecule has 23 heavy (non-hydrogen) atoms. The molecule has 1 fully saturated rings. The monoisotopic (exact) mass is 339 g/mol. The molecule has 1 saturated heterocycles. The normalized spacial score (nSPS) is 15.7. The first-order valence-electron chi connectivity index (χ1n) is 7.98. The predicted molar refractivity (Wildman–Crippen MR) is 91.9 cm³/mol. The fourth-order valence-corrected chi connectivity index (χ4v) is 3.15. The number of thiazole rings is 1. The Morgan fingerprint density at radius 3 is 2.61 bits per heavy atom. The number of carbonyl (C=O) groups excluding carboxylic acids is 1. The number of nitrogens with zero attached hydrogens (tertiary/aromatic N) is 4. The maximum Gasteiger partial charge on any atom is 0.409 e. The molecule has 128 valence electrons. The van der Waals surface area contributed by atoms with E-state index >= 15 is 0 Å². The highest BCUT2D eigenvalue weighted by atomic mass is 32.1. The van der Waals surface area contributed by atoms with Crippen molar-refractivity contribution >= 4 is 23.4 Å². The van der Waals surface area contributed by atoms with Crippen molar-refractivity contribution in [3.63, 3.8) is 0 Å². The molecule has 0 radical (unpaired) electrons. The molecule has 1 N–H and O–H groups in total. The van der Waals surface area contributed by atoms with Crippen LogP contribution < -0.4 is 5.32 Å². The van der Waals surface area contributed by atoms with Gasteiger partial charge in [0.1, 0.15) is 0 Å². The Labute approximate surface area is 141 Å². The van der Waals surface area contributed by atoms with E-state index in [0.717, 1.165) is 36.2 Å². The van der Waals surface area contributed by atoms with E-state index in [0.29, 0.717) is 26.2 Å². The van der Waals surface area contributed by atoms with Crippen LogP contribution in [0.1, 0.15) is 24.5 Å². The van der Waals surface area contributed by atoms with Gasteiger partial charge < -0.3 is 19.9 Å². The standard InChI is InChI=1S/C15H25N5O2S/c1-4-13-18-12(11-23-13)10-17-14(16-3)19-6-8-20(9-7-19)15(21)22-5-2/h11H,4-10H2,1-3H3,(H,16,17). The first kappa shape index (κ1) is 17.5. The van der Waals surface area contributed by atoms with Gasteiger partial charge in [0.05, 0.1) is 23.9 Å². The number of hydrogen-bond acceptors (Lipinski definition) is 5. The van der Waals surface area contributed by atoms with Gasteiger partial charge in [0.25, 0.3) is 0 Å². The lowest BCUT2D eigenvalue weighted by Crippen LogP contribution is -2.53. The molecule has 1 aromatic heterocycles. The molecular formula is C15H25N5O2S. The summed E-state index contributed by atoms with van der Waals surface area (Å²) in [6.07, 6.45) is 0.736. The van der Waals surface area contributed by atoms with Gasteiger partial charge in [0, 0.05) is 38.6 Å². The van der Waals surface area contributed by atoms with Gasteiger partial charge in [0.15, 0.2) is 5.96 Å². The topological polar surface area (TPSA) is 70.1 Å². The van der Waals surface area contributed by atoms with Gasteiger partial charge in [-0.2, -0.15) is 0 Å². The zero-order valence-corrected chi connectivity index (χ0v) is 14.9. The summed E-state index contributed by atoms with van der Waals surface area (Å²) < 4.78 is 5.04. The van der Waals surface area contributed by atoms with E-state index in [1.165, 1.54) is 0 Å². The number of nitrogens with one attached hydrogen (secondary N) is 1. The van der Waals surface area contributed by atoms with E-state index in [9.17, 15) is 4.79 Å². The lowest BCUT2D eigenvalue weighted by atomic mass is 10.3. The number of aliphatic imine (C=N–C) groups is 1. The number of rotatable bonds is 4. The third-order valence-electron chi connectivity index (χ3n) is 3.65. The smallest absolute Gasteiger partial charge is 0.409 e. The van der Waals surface area contributed by atoms with Gasteiger partial charge in [0.2, 0.25) is 0 Å².